The third-order valence-corrected chi connectivity index (χ3v) is 4.17. The number of carbonyl (C=O) groups is 1. The van der Waals surface area contributed by atoms with Gasteiger partial charge < -0.3 is 0 Å². The van der Waals surface area contributed by atoms with Crippen LogP contribution in [0.5, 0.6) is 0 Å². The third kappa shape index (κ3) is 4.29. The number of benzene rings is 2. The van der Waals surface area contributed by atoms with Gasteiger partial charge in [-0.2, -0.15) is 0 Å². The molecule has 0 N–H and O–H groups in total. The number of Topliss-reactive ketones (excluding diaryl/α,β-unsaturated/α-hetero) is 1. The highest BCUT2D eigenvalue weighted by atomic mass is 32.2. The molecule has 2 nitrogen and oxygen atoms in total. The minimum Gasteiger partial charge on any atom is -0.293 e. The Bertz CT molecular complexity index is 698. The van der Waals surface area contributed by atoms with Crippen molar-refractivity contribution in [2.24, 2.45) is 0 Å². The number of carbonyl (C=O) groups excluding carboxylic acids is 1. The number of halogens is 2. The molecular formula is C16H14F2O2S. The van der Waals surface area contributed by atoms with Gasteiger partial charge in [0.25, 0.3) is 0 Å². The maximum atomic E-state index is 13.5. The molecule has 2 aromatic carbocycles. The summed E-state index contributed by atoms with van der Waals surface area (Å²) in [5.41, 5.74) is 1.53. The molecule has 0 saturated carbocycles. The summed E-state index contributed by atoms with van der Waals surface area (Å²) in [4.78, 5) is 11.9. The van der Waals surface area contributed by atoms with Crippen molar-refractivity contribution >= 4 is 16.6 Å². The maximum absolute atomic E-state index is 13.5. The van der Waals surface area contributed by atoms with Crippen LogP contribution >= 0.6 is 0 Å². The lowest BCUT2D eigenvalue weighted by Crippen LogP contribution is -2.14. The van der Waals surface area contributed by atoms with Crippen LogP contribution < -0.4 is 0 Å². The fraction of sp³-hybridized carbons (Fsp3) is 0.188. The summed E-state index contributed by atoms with van der Waals surface area (Å²) in [6.45, 7) is 1.92. The summed E-state index contributed by atoms with van der Waals surface area (Å²) in [6.07, 6.45) is 0. The largest absolute Gasteiger partial charge is 0.293 e. The van der Waals surface area contributed by atoms with E-state index in [2.05, 4.69) is 0 Å². The molecule has 110 valence electrons. The van der Waals surface area contributed by atoms with Gasteiger partial charge in [0, 0.05) is 16.6 Å². The molecule has 0 fully saturated rings. The van der Waals surface area contributed by atoms with Gasteiger partial charge in [-0.3, -0.25) is 9.00 Å². The van der Waals surface area contributed by atoms with E-state index < -0.39 is 28.2 Å². The molecule has 5 heteroatoms. The standard InChI is InChI=1S/C16H14F2O2S/c1-11-3-2-4-12(7-11)9-21(20)10-16(19)14-8-13(17)5-6-15(14)18/h2-8H,9-10H2,1H3. The Kier molecular flexibility index (Phi) is 4.96. The SMILES string of the molecule is Cc1cccc(CS(=O)CC(=O)c2cc(F)ccc2F)c1. The Balaban J connectivity index is 2.05. The fourth-order valence-electron chi connectivity index (χ4n) is 1.97. The van der Waals surface area contributed by atoms with E-state index in [1.54, 1.807) is 0 Å². The van der Waals surface area contributed by atoms with Crippen molar-refractivity contribution in [1.29, 1.82) is 0 Å². The van der Waals surface area contributed by atoms with E-state index in [1.807, 2.05) is 31.2 Å². The highest BCUT2D eigenvalue weighted by Gasteiger charge is 2.16. The first-order valence-electron chi connectivity index (χ1n) is 6.34. The summed E-state index contributed by atoms with van der Waals surface area (Å²) < 4.78 is 38.5. The Labute approximate surface area is 124 Å². The second-order valence-electron chi connectivity index (χ2n) is 4.76. The van der Waals surface area contributed by atoms with Crippen molar-refractivity contribution in [3.63, 3.8) is 0 Å². The highest BCUT2D eigenvalue weighted by molar-refractivity contribution is 7.85. The van der Waals surface area contributed by atoms with Gasteiger partial charge in [-0.1, -0.05) is 29.8 Å². The number of rotatable bonds is 5. The second kappa shape index (κ2) is 6.72. The van der Waals surface area contributed by atoms with Crippen LogP contribution in [0.25, 0.3) is 0 Å². The Morgan fingerprint density at radius 1 is 1.14 bits per heavy atom. The summed E-state index contributed by atoms with van der Waals surface area (Å²) in [5, 5.41) is 0. The maximum Gasteiger partial charge on any atom is 0.178 e. The molecule has 0 bridgehead atoms. The van der Waals surface area contributed by atoms with E-state index >= 15 is 0 Å². The molecule has 2 rings (SSSR count). The van der Waals surface area contributed by atoms with E-state index in [9.17, 15) is 17.8 Å². The van der Waals surface area contributed by atoms with Gasteiger partial charge in [0.15, 0.2) is 5.78 Å². The molecule has 1 atom stereocenters. The molecule has 0 aliphatic heterocycles. The molecule has 0 aliphatic rings. The van der Waals surface area contributed by atoms with Crippen LogP contribution in [0, 0.1) is 18.6 Å². The lowest BCUT2D eigenvalue weighted by molar-refractivity contribution is 0.101. The Morgan fingerprint density at radius 3 is 2.62 bits per heavy atom. The normalized spacial score (nSPS) is 12.1. The Morgan fingerprint density at radius 2 is 1.90 bits per heavy atom. The van der Waals surface area contributed by atoms with Gasteiger partial charge in [-0.05, 0) is 30.7 Å². The van der Waals surface area contributed by atoms with Gasteiger partial charge in [0.1, 0.15) is 11.6 Å². The molecule has 21 heavy (non-hydrogen) atoms. The zero-order valence-electron chi connectivity index (χ0n) is 11.4. The van der Waals surface area contributed by atoms with E-state index in [-0.39, 0.29) is 17.1 Å². The zero-order chi connectivity index (χ0) is 15.4. The number of ketones is 1. The summed E-state index contributed by atoms with van der Waals surface area (Å²) >= 11 is 0. The van der Waals surface area contributed by atoms with Crippen LogP contribution in [0.2, 0.25) is 0 Å². The predicted molar refractivity (Wildman–Crippen MR) is 78.6 cm³/mol. The van der Waals surface area contributed by atoms with Crippen molar-refractivity contribution in [3.05, 3.63) is 70.8 Å². The lowest BCUT2D eigenvalue weighted by Gasteiger charge is -2.05. The van der Waals surface area contributed by atoms with E-state index in [1.165, 1.54) is 0 Å². The van der Waals surface area contributed by atoms with Gasteiger partial charge in [0.2, 0.25) is 0 Å². The zero-order valence-corrected chi connectivity index (χ0v) is 12.3. The van der Waals surface area contributed by atoms with Crippen LogP contribution in [0.3, 0.4) is 0 Å². The minimum absolute atomic E-state index is 0.213. The van der Waals surface area contributed by atoms with E-state index in [0.29, 0.717) is 0 Å². The van der Waals surface area contributed by atoms with Gasteiger partial charge in [-0.15, -0.1) is 0 Å². The number of aryl methyl sites for hydroxylation is 1. The first-order valence-corrected chi connectivity index (χ1v) is 7.83. The smallest absolute Gasteiger partial charge is 0.178 e. The predicted octanol–water partition coefficient (Wildman–Crippen LogP) is 3.40. The van der Waals surface area contributed by atoms with Crippen molar-refractivity contribution in [2.75, 3.05) is 5.75 Å². The monoisotopic (exact) mass is 308 g/mol. The second-order valence-corrected chi connectivity index (χ2v) is 6.22. The van der Waals surface area contributed by atoms with Crippen molar-refractivity contribution in [3.8, 4) is 0 Å². The minimum atomic E-state index is -1.46. The molecule has 1 unspecified atom stereocenters. The van der Waals surface area contributed by atoms with Crippen molar-refractivity contribution in [1.82, 2.24) is 0 Å². The topological polar surface area (TPSA) is 34.1 Å². The van der Waals surface area contributed by atoms with Crippen LogP contribution in [-0.2, 0) is 16.6 Å². The van der Waals surface area contributed by atoms with Crippen LogP contribution in [0.1, 0.15) is 21.5 Å². The Hall–Kier alpha value is -1.88. The quantitative estimate of drug-likeness (QED) is 0.793. The molecule has 0 heterocycles. The fourth-order valence-corrected chi connectivity index (χ4v) is 3.08. The van der Waals surface area contributed by atoms with Crippen LogP contribution in [0.4, 0.5) is 8.78 Å². The van der Waals surface area contributed by atoms with Gasteiger partial charge in [-0.25, -0.2) is 8.78 Å². The molecule has 2 aromatic rings. The van der Waals surface area contributed by atoms with Gasteiger partial charge in [0.05, 0.1) is 11.3 Å². The van der Waals surface area contributed by atoms with Crippen LogP contribution in [0.15, 0.2) is 42.5 Å². The number of hydrogen-bond donors (Lipinski definition) is 0. The third-order valence-electron chi connectivity index (χ3n) is 2.93. The first-order chi connectivity index (χ1) is 9.95. The lowest BCUT2D eigenvalue weighted by atomic mass is 10.1. The molecule has 0 amide bonds. The van der Waals surface area contributed by atoms with Crippen molar-refractivity contribution in [2.45, 2.75) is 12.7 Å². The van der Waals surface area contributed by atoms with E-state index in [4.69, 9.17) is 0 Å². The molecular weight excluding hydrogens is 294 g/mol. The summed E-state index contributed by atoms with van der Waals surface area (Å²) in [5.74, 6) is -2.25. The molecule has 0 saturated heterocycles. The van der Waals surface area contributed by atoms with E-state index in [0.717, 1.165) is 29.3 Å². The molecule has 0 aromatic heterocycles. The highest BCUT2D eigenvalue weighted by Crippen LogP contribution is 2.12. The average Bonchev–Trinajstić information content (AvgIpc) is 2.41. The first kappa shape index (κ1) is 15.5. The average molecular weight is 308 g/mol. The summed E-state index contributed by atoms with van der Waals surface area (Å²) in [6, 6.07) is 10.1. The summed E-state index contributed by atoms with van der Waals surface area (Å²) in [7, 11) is -1.46. The number of hydrogen-bond acceptors (Lipinski definition) is 2. The molecule has 0 spiro atoms. The molecule has 0 radical (unpaired) electrons. The van der Waals surface area contributed by atoms with Crippen molar-refractivity contribution < 1.29 is 17.8 Å². The van der Waals surface area contributed by atoms with Gasteiger partial charge >= 0.3 is 0 Å². The van der Waals surface area contributed by atoms with Crippen LogP contribution in [-0.4, -0.2) is 15.7 Å². The molecule has 0 aliphatic carbocycles.